The number of hydrogen-bond acceptors (Lipinski definition) is 2. The fraction of sp³-hybridized carbons (Fsp3) is 0.714. The minimum atomic E-state index is 0.118. The molecular weight excluding hydrogens is 284 g/mol. The largest absolute Gasteiger partial charge is 0.373 e. The molecule has 1 heterocycles. The van der Waals surface area contributed by atoms with Crippen LogP contribution in [-0.2, 0) is 9.47 Å². The summed E-state index contributed by atoms with van der Waals surface area (Å²) < 4.78 is 11.8. The molecule has 128 valence electrons. The summed E-state index contributed by atoms with van der Waals surface area (Å²) in [4.78, 5) is 0. The van der Waals surface area contributed by atoms with Crippen LogP contribution in [0, 0.1) is 5.92 Å². The molecule has 0 aromatic heterocycles. The lowest BCUT2D eigenvalue weighted by atomic mass is 9.77. The van der Waals surface area contributed by atoms with Crippen LogP contribution in [0.5, 0.6) is 0 Å². The molecular formula is C21H32O2. The SMILES string of the molecule is CCCC1CCC(c2ccc([C@@H]3CO[C@@H](CC)CO3)cc2)CC1. The van der Waals surface area contributed by atoms with E-state index in [0.717, 1.165) is 24.9 Å². The van der Waals surface area contributed by atoms with Gasteiger partial charge in [0.05, 0.1) is 19.3 Å². The van der Waals surface area contributed by atoms with Crippen LogP contribution in [0.15, 0.2) is 24.3 Å². The maximum Gasteiger partial charge on any atom is 0.106 e. The van der Waals surface area contributed by atoms with Gasteiger partial charge in [-0.2, -0.15) is 0 Å². The number of rotatable bonds is 5. The first-order valence-corrected chi connectivity index (χ1v) is 9.63. The minimum absolute atomic E-state index is 0.118. The molecule has 1 aromatic carbocycles. The van der Waals surface area contributed by atoms with Gasteiger partial charge in [-0.3, -0.25) is 0 Å². The average Bonchev–Trinajstić information content (AvgIpc) is 2.63. The third kappa shape index (κ3) is 4.36. The molecule has 0 unspecified atom stereocenters. The Balaban J connectivity index is 1.53. The van der Waals surface area contributed by atoms with Gasteiger partial charge in [0.1, 0.15) is 6.10 Å². The lowest BCUT2D eigenvalue weighted by Crippen LogP contribution is -2.30. The van der Waals surface area contributed by atoms with Crippen LogP contribution in [-0.4, -0.2) is 19.3 Å². The molecule has 0 spiro atoms. The molecule has 1 aromatic rings. The fourth-order valence-electron chi connectivity index (χ4n) is 4.15. The molecule has 2 fully saturated rings. The Morgan fingerprint density at radius 3 is 2.13 bits per heavy atom. The van der Waals surface area contributed by atoms with Gasteiger partial charge in [-0.05, 0) is 55.1 Å². The first-order valence-electron chi connectivity index (χ1n) is 9.63. The Morgan fingerprint density at radius 2 is 1.57 bits per heavy atom. The number of hydrogen-bond donors (Lipinski definition) is 0. The summed E-state index contributed by atoms with van der Waals surface area (Å²) >= 11 is 0. The molecule has 2 heteroatoms. The van der Waals surface area contributed by atoms with Crippen LogP contribution in [0.1, 0.15) is 81.9 Å². The molecule has 0 bridgehead atoms. The van der Waals surface area contributed by atoms with Crippen molar-refractivity contribution in [2.24, 2.45) is 5.92 Å². The molecule has 23 heavy (non-hydrogen) atoms. The van der Waals surface area contributed by atoms with Gasteiger partial charge in [-0.15, -0.1) is 0 Å². The van der Waals surface area contributed by atoms with E-state index in [1.165, 1.54) is 49.7 Å². The minimum Gasteiger partial charge on any atom is -0.373 e. The van der Waals surface area contributed by atoms with Gasteiger partial charge >= 0.3 is 0 Å². The van der Waals surface area contributed by atoms with Gasteiger partial charge in [0.15, 0.2) is 0 Å². The van der Waals surface area contributed by atoms with Crippen LogP contribution in [0.4, 0.5) is 0 Å². The molecule has 0 radical (unpaired) electrons. The summed E-state index contributed by atoms with van der Waals surface area (Å²) in [6.07, 6.45) is 9.76. The van der Waals surface area contributed by atoms with E-state index in [1.54, 1.807) is 0 Å². The zero-order chi connectivity index (χ0) is 16.1. The molecule has 0 N–H and O–H groups in total. The predicted octanol–water partition coefficient (Wildman–Crippen LogP) is 5.63. The molecule has 1 aliphatic carbocycles. The Labute approximate surface area is 141 Å². The van der Waals surface area contributed by atoms with Crippen molar-refractivity contribution in [2.45, 2.75) is 76.9 Å². The summed E-state index contributed by atoms with van der Waals surface area (Å²) in [5, 5.41) is 0. The van der Waals surface area contributed by atoms with Crippen LogP contribution >= 0.6 is 0 Å². The Morgan fingerprint density at radius 1 is 0.870 bits per heavy atom. The lowest BCUT2D eigenvalue weighted by Gasteiger charge is -2.30. The van der Waals surface area contributed by atoms with E-state index in [2.05, 4.69) is 38.1 Å². The molecule has 1 saturated carbocycles. The van der Waals surface area contributed by atoms with Gasteiger partial charge < -0.3 is 9.47 Å². The molecule has 0 amide bonds. The van der Waals surface area contributed by atoms with E-state index in [1.807, 2.05) is 0 Å². The zero-order valence-electron chi connectivity index (χ0n) is 14.8. The van der Waals surface area contributed by atoms with E-state index < -0.39 is 0 Å². The van der Waals surface area contributed by atoms with Crippen molar-refractivity contribution in [2.75, 3.05) is 13.2 Å². The fourth-order valence-corrected chi connectivity index (χ4v) is 4.15. The Bertz CT molecular complexity index is 451. The van der Waals surface area contributed by atoms with E-state index >= 15 is 0 Å². The zero-order valence-corrected chi connectivity index (χ0v) is 14.8. The Hall–Kier alpha value is -0.860. The normalized spacial score (nSPS) is 31.9. The summed E-state index contributed by atoms with van der Waals surface area (Å²) in [5.74, 6) is 1.75. The number of benzene rings is 1. The molecule has 3 rings (SSSR count). The van der Waals surface area contributed by atoms with Crippen molar-refractivity contribution in [1.29, 1.82) is 0 Å². The highest BCUT2D eigenvalue weighted by Gasteiger charge is 2.24. The van der Waals surface area contributed by atoms with Gasteiger partial charge in [0, 0.05) is 0 Å². The predicted molar refractivity (Wildman–Crippen MR) is 94.8 cm³/mol. The molecule has 2 aliphatic rings. The first-order chi connectivity index (χ1) is 11.3. The van der Waals surface area contributed by atoms with E-state index in [0.29, 0.717) is 6.61 Å². The average molecular weight is 316 g/mol. The number of ether oxygens (including phenoxy) is 2. The van der Waals surface area contributed by atoms with Gasteiger partial charge in [-0.1, -0.05) is 51.0 Å². The lowest BCUT2D eigenvalue weighted by molar-refractivity contribution is -0.135. The summed E-state index contributed by atoms with van der Waals surface area (Å²) in [7, 11) is 0. The van der Waals surface area contributed by atoms with Crippen molar-refractivity contribution in [3.63, 3.8) is 0 Å². The second-order valence-corrected chi connectivity index (χ2v) is 7.36. The Kier molecular flexibility index (Phi) is 6.13. The van der Waals surface area contributed by atoms with E-state index in [-0.39, 0.29) is 12.2 Å². The van der Waals surface area contributed by atoms with Crippen molar-refractivity contribution in [3.05, 3.63) is 35.4 Å². The van der Waals surface area contributed by atoms with Crippen molar-refractivity contribution < 1.29 is 9.47 Å². The highest BCUT2D eigenvalue weighted by atomic mass is 16.6. The summed E-state index contributed by atoms with van der Waals surface area (Å²) in [5.41, 5.74) is 2.79. The highest BCUT2D eigenvalue weighted by Crippen LogP contribution is 2.38. The second-order valence-electron chi connectivity index (χ2n) is 7.36. The van der Waals surface area contributed by atoms with E-state index in [9.17, 15) is 0 Å². The highest BCUT2D eigenvalue weighted by molar-refractivity contribution is 5.27. The van der Waals surface area contributed by atoms with Crippen molar-refractivity contribution in [1.82, 2.24) is 0 Å². The second kappa shape index (κ2) is 8.30. The van der Waals surface area contributed by atoms with Crippen LogP contribution in [0.2, 0.25) is 0 Å². The third-order valence-corrected chi connectivity index (χ3v) is 5.75. The smallest absolute Gasteiger partial charge is 0.106 e. The maximum absolute atomic E-state index is 5.97. The molecule has 1 saturated heterocycles. The van der Waals surface area contributed by atoms with Crippen LogP contribution in [0.3, 0.4) is 0 Å². The maximum atomic E-state index is 5.97. The van der Waals surface area contributed by atoms with Crippen molar-refractivity contribution >= 4 is 0 Å². The molecule has 1 aliphatic heterocycles. The van der Waals surface area contributed by atoms with Crippen molar-refractivity contribution in [3.8, 4) is 0 Å². The third-order valence-electron chi connectivity index (χ3n) is 5.75. The molecule has 2 nitrogen and oxygen atoms in total. The first kappa shape index (κ1) is 17.0. The summed E-state index contributed by atoms with van der Waals surface area (Å²) in [6, 6.07) is 9.17. The van der Waals surface area contributed by atoms with Crippen LogP contribution < -0.4 is 0 Å². The van der Waals surface area contributed by atoms with Gasteiger partial charge in [0.2, 0.25) is 0 Å². The van der Waals surface area contributed by atoms with Gasteiger partial charge in [-0.25, -0.2) is 0 Å². The quantitative estimate of drug-likeness (QED) is 0.701. The molecule has 2 atom stereocenters. The standard InChI is InChI=1S/C21H32O2/c1-3-5-16-6-8-17(9-7-16)18-10-12-19(13-11-18)21-15-22-20(4-2)14-23-21/h10-13,16-17,20-21H,3-9,14-15H2,1-2H3/t16?,17?,20-,21-/m0/s1. The monoisotopic (exact) mass is 316 g/mol. The van der Waals surface area contributed by atoms with Crippen LogP contribution in [0.25, 0.3) is 0 Å². The van der Waals surface area contributed by atoms with E-state index in [4.69, 9.17) is 9.47 Å². The van der Waals surface area contributed by atoms with Gasteiger partial charge in [0.25, 0.3) is 0 Å². The summed E-state index contributed by atoms with van der Waals surface area (Å²) in [6.45, 7) is 5.88. The topological polar surface area (TPSA) is 18.5 Å².